The minimum absolute atomic E-state index is 0. The molecule has 0 saturated heterocycles. The van der Waals surface area contributed by atoms with Crippen molar-refractivity contribution in [1.82, 2.24) is 5.48 Å². The van der Waals surface area contributed by atoms with E-state index in [1.807, 2.05) is 0 Å². The van der Waals surface area contributed by atoms with Gasteiger partial charge in [0, 0.05) is 0 Å². The fourth-order valence-electron chi connectivity index (χ4n) is 0.263. The van der Waals surface area contributed by atoms with E-state index in [-0.39, 0.29) is 51.4 Å². The third kappa shape index (κ3) is 5.59. The molecule has 5 nitrogen and oxygen atoms in total. The molecule has 0 heterocycles. The van der Waals surface area contributed by atoms with E-state index in [4.69, 9.17) is 0 Å². The zero-order chi connectivity index (χ0) is 10.7. The Morgan fingerprint density at radius 1 is 1.43 bits per heavy atom. The van der Waals surface area contributed by atoms with Gasteiger partial charge in [0.25, 0.3) is 16.0 Å². The van der Waals surface area contributed by atoms with Gasteiger partial charge in [0.2, 0.25) is 0 Å². The fourth-order valence-corrected chi connectivity index (χ4v) is 0.704. The van der Waals surface area contributed by atoms with Gasteiger partial charge in [0.05, 0.1) is 4.75 Å². The van der Waals surface area contributed by atoms with Gasteiger partial charge >= 0.3 is 51.4 Å². The van der Waals surface area contributed by atoms with E-state index in [0.717, 1.165) is 6.08 Å². The van der Waals surface area contributed by atoms with Crippen molar-refractivity contribution >= 4 is 67.4 Å². The molecule has 0 bridgehead atoms. The van der Waals surface area contributed by atoms with Gasteiger partial charge in [-0.2, -0.15) is 8.42 Å². The standard InChI is InChI=1S/C7H13NO4S.K.H/c1-5-6(9)8-12-13(10,11)7(2,3)4;;/h5H,1H2,2-4H3,(H,8,9);;. The topological polar surface area (TPSA) is 72.5 Å². The molecular formula is C7H14KNO4S. The third-order valence-electron chi connectivity index (χ3n) is 1.19. The first-order chi connectivity index (χ1) is 5.70. The summed E-state index contributed by atoms with van der Waals surface area (Å²) in [6, 6.07) is 0. The average molecular weight is 247 g/mol. The molecule has 0 aromatic rings. The van der Waals surface area contributed by atoms with E-state index in [2.05, 4.69) is 10.9 Å². The summed E-state index contributed by atoms with van der Waals surface area (Å²) < 4.78 is 25.6. The number of nitrogens with one attached hydrogen (secondary N) is 1. The van der Waals surface area contributed by atoms with Crippen molar-refractivity contribution in [3.8, 4) is 0 Å². The Hall–Kier alpha value is 0.756. The quantitative estimate of drug-likeness (QED) is 0.422. The molecule has 0 rings (SSSR count). The van der Waals surface area contributed by atoms with Gasteiger partial charge in [0.15, 0.2) is 0 Å². The second-order valence-corrected chi connectivity index (χ2v) is 5.62. The first kappa shape index (κ1) is 17.2. The number of rotatable bonds is 3. The summed E-state index contributed by atoms with van der Waals surface area (Å²) >= 11 is 0. The number of hydrogen-bond donors (Lipinski definition) is 1. The summed E-state index contributed by atoms with van der Waals surface area (Å²) in [5.74, 6) is -0.701. The molecule has 0 aliphatic heterocycles. The number of amides is 1. The first-order valence-corrected chi connectivity index (χ1v) is 4.97. The maximum atomic E-state index is 11.2. The van der Waals surface area contributed by atoms with Gasteiger partial charge in [-0.05, 0) is 26.8 Å². The molecule has 1 amide bonds. The van der Waals surface area contributed by atoms with E-state index >= 15 is 0 Å². The number of carbonyl (C=O) groups is 1. The van der Waals surface area contributed by atoms with Gasteiger partial charge in [-0.1, -0.05) is 6.58 Å². The van der Waals surface area contributed by atoms with Crippen molar-refractivity contribution < 1.29 is 17.5 Å². The molecule has 0 radical (unpaired) electrons. The molecule has 0 fully saturated rings. The van der Waals surface area contributed by atoms with Gasteiger partial charge in [-0.25, -0.2) is 5.48 Å². The third-order valence-corrected chi connectivity index (χ3v) is 2.99. The normalized spacial score (nSPS) is 11.4. The Labute approximate surface area is 127 Å². The monoisotopic (exact) mass is 247 g/mol. The predicted octanol–water partition coefficient (Wildman–Crippen LogP) is -0.300. The van der Waals surface area contributed by atoms with E-state index in [0.29, 0.717) is 0 Å². The Bertz CT molecular complexity index is 304. The molecule has 0 atom stereocenters. The number of hydroxylamine groups is 1. The van der Waals surface area contributed by atoms with Crippen LogP contribution in [0.3, 0.4) is 0 Å². The van der Waals surface area contributed by atoms with Crippen LogP contribution < -0.4 is 5.48 Å². The second kappa shape index (κ2) is 6.36. The Morgan fingerprint density at radius 2 is 1.86 bits per heavy atom. The van der Waals surface area contributed by atoms with Crippen molar-refractivity contribution in [2.45, 2.75) is 25.5 Å². The molecule has 0 unspecified atom stereocenters. The van der Waals surface area contributed by atoms with E-state index in [9.17, 15) is 13.2 Å². The van der Waals surface area contributed by atoms with Crippen LogP contribution in [0.4, 0.5) is 0 Å². The average Bonchev–Trinajstić information content (AvgIpc) is 1.98. The van der Waals surface area contributed by atoms with Gasteiger partial charge in [-0.3, -0.25) is 4.79 Å². The van der Waals surface area contributed by atoms with E-state index < -0.39 is 20.8 Å². The molecule has 0 saturated carbocycles. The van der Waals surface area contributed by atoms with Gasteiger partial charge in [0.1, 0.15) is 0 Å². The van der Waals surface area contributed by atoms with Gasteiger partial charge < -0.3 is 0 Å². The van der Waals surface area contributed by atoms with Crippen LogP contribution in [0.1, 0.15) is 20.8 Å². The first-order valence-electron chi connectivity index (χ1n) is 3.56. The van der Waals surface area contributed by atoms with Crippen molar-refractivity contribution in [2.75, 3.05) is 0 Å². The van der Waals surface area contributed by atoms with E-state index in [1.165, 1.54) is 20.8 Å². The summed E-state index contributed by atoms with van der Waals surface area (Å²) in [4.78, 5) is 10.6. The summed E-state index contributed by atoms with van der Waals surface area (Å²) in [7, 11) is -3.78. The number of hydrogen-bond acceptors (Lipinski definition) is 4. The minimum atomic E-state index is -3.78. The predicted molar refractivity (Wildman–Crippen MR) is 55.2 cm³/mol. The summed E-state index contributed by atoms with van der Waals surface area (Å²) in [6.07, 6.45) is 0.915. The molecule has 0 aromatic carbocycles. The molecule has 7 heteroatoms. The Kier molecular flexibility index (Phi) is 7.80. The Morgan fingerprint density at radius 3 is 2.14 bits per heavy atom. The molecule has 0 aliphatic carbocycles. The zero-order valence-corrected chi connectivity index (χ0v) is 8.64. The van der Waals surface area contributed by atoms with Crippen LogP contribution in [0.25, 0.3) is 0 Å². The van der Waals surface area contributed by atoms with Crippen molar-refractivity contribution in [2.24, 2.45) is 0 Å². The Balaban J connectivity index is 0. The van der Waals surface area contributed by atoms with Crippen LogP contribution >= 0.6 is 0 Å². The SMILES string of the molecule is C=CC(=O)NOS(=O)(=O)C(C)(C)C.[KH]. The van der Waals surface area contributed by atoms with Crippen LogP contribution in [-0.4, -0.2) is 70.5 Å². The van der Waals surface area contributed by atoms with Crippen LogP contribution in [0, 0.1) is 0 Å². The van der Waals surface area contributed by atoms with Gasteiger partial charge in [-0.15, -0.1) is 4.28 Å². The molecule has 0 spiro atoms. The van der Waals surface area contributed by atoms with Crippen molar-refractivity contribution in [1.29, 1.82) is 0 Å². The van der Waals surface area contributed by atoms with E-state index in [1.54, 1.807) is 5.48 Å². The zero-order valence-electron chi connectivity index (χ0n) is 7.83. The summed E-state index contributed by atoms with van der Waals surface area (Å²) in [5, 5.41) is 0. The number of carbonyl (C=O) groups excluding carboxylic acids is 1. The molecule has 0 aliphatic rings. The molecule has 0 aromatic heterocycles. The van der Waals surface area contributed by atoms with Crippen molar-refractivity contribution in [3.63, 3.8) is 0 Å². The van der Waals surface area contributed by atoms with Crippen molar-refractivity contribution in [3.05, 3.63) is 12.7 Å². The van der Waals surface area contributed by atoms with Crippen LogP contribution in [0.15, 0.2) is 12.7 Å². The molecule has 1 N–H and O–H groups in total. The molecule has 78 valence electrons. The summed E-state index contributed by atoms with van der Waals surface area (Å²) in [6.45, 7) is 7.52. The second-order valence-electron chi connectivity index (χ2n) is 3.32. The fraction of sp³-hybridized carbons (Fsp3) is 0.571. The van der Waals surface area contributed by atoms with Crippen LogP contribution in [0.5, 0.6) is 0 Å². The molecule has 14 heavy (non-hydrogen) atoms. The maximum absolute atomic E-state index is 11.2. The summed E-state index contributed by atoms with van der Waals surface area (Å²) in [5.41, 5.74) is 1.73. The van der Waals surface area contributed by atoms with Crippen LogP contribution in [0.2, 0.25) is 0 Å². The van der Waals surface area contributed by atoms with Crippen LogP contribution in [-0.2, 0) is 19.2 Å². The molecular weight excluding hydrogens is 233 g/mol.